The van der Waals surface area contributed by atoms with Gasteiger partial charge in [-0.1, -0.05) is 36.7 Å². The van der Waals surface area contributed by atoms with Gasteiger partial charge in [-0.05, 0) is 43.7 Å². The molecule has 0 radical (unpaired) electrons. The van der Waals surface area contributed by atoms with Crippen LogP contribution in [0.4, 0.5) is 11.4 Å². The molecule has 132 valence electrons. The van der Waals surface area contributed by atoms with Crippen molar-refractivity contribution in [3.8, 4) is 5.75 Å². The molecule has 2 rings (SSSR count). The maximum absolute atomic E-state index is 12.4. The van der Waals surface area contributed by atoms with E-state index in [0.29, 0.717) is 28.6 Å². The first-order valence-corrected chi connectivity index (χ1v) is 8.49. The molecule has 0 spiro atoms. The molecule has 0 bridgehead atoms. The zero-order valence-electron chi connectivity index (χ0n) is 14.2. The van der Waals surface area contributed by atoms with Crippen molar-refractivity contribution in [1.29, 1.82) is 0 Å². The molecule has 0 aliphatic heterocycles. The van der Waals surface area contributed by atoms with Gasteiger partial charge >= 0.3 is 0 Å². The first kappa shape index (κ1) is 18.8. The standard InChI is InChI=1S/C19H21ClN2O3/c1-3-7-18(23)21-16-10-4-5-11-17(16)22-19(24)13(2)25-15-9-6-8-14(20)12-15/h4-6,8-13H,3,7H2,1-2H3,(H,21,23)(H,22,24). The minimum absolute atomic E-state index is 0.0903. The van der Waals surface area contributed by atoms with Crippen LogP contribution in [0.25, 0.3) is 0 Å². The lowest BCUT2D eigenvalue weighted by Crippen LogP contribution is -2.30. The maximum atomic E-state index is 12.4. The van der Waals surface area contributed by atoms with E-state index in [1.807, 2.05) is 6.92 Å². The van der Waals surface area contributed by atoms with Crippen LogP contribution in [-0.4, -0.2) is 17.9 Å². The topological polar surface area (TPSA) is 67.4 Å². The Bertz CT molecular complexity index is 749. The Balaban J connectivity index is 2.03. The number of rotatable bonds is 7. The van der Waals surface area contributed by atoms with Gasteiger partial charge in [0.15, 0.2) is 6.10 Å². The SMILES string of the molecule is CCCC(=O)Nc1ccccc1NC(=O)C(C)Oc1cccc(Cl)c1. The Hall–Kier alpha value is -2.53. The molecule has 0 aliphatic rings. The molecule has 1 unspecified atom stereocenters. The molecule has 5 nitrogen and oxygen atoms in total. The summed E-state index contributed by atoms with van der Waals surface area (Å²) in [7, 11) is 0. The lowest BCUT2D eigenvalue weighted by atomic mass is 10.2. The molecule has 0 saturated heterocycles. The smallest absolute Gasteiger partial charge is 0.265 e. The van der Waals surface area contributed by atoms with Crippen molar-refractivity contribution >= 4 is 34.8 Å². The van der Waals surface area contributed by atoms with Crippen LogP contribution in [0, 0.1) is 0 Å². The number of ether oxygens (including phenoxy) is 1. The molecule has 0 aromatic heterocycles. The van der Waals surface area contributed by atoms with Crippen molar-refractivity contribution in [1.82, 2.24) is 0 Å². The van der Waals surface area contributed by atoms with E-state index in [4.69, 9.17) is 16.3 Å². The Morgan fingerprint density at radius 1 is 1.08 bits per heavy atom. The number of hydrogen-bond donors (Lipinski definition) is 2. The minimum Gasteiger partial charge on any atom is -0.481 e. The number of carbonyl (C=O) groups is 2. The summed E-state index contributed by atoms with van der Waals surface area (Å²) in [6.45, 7) is 3.58. The van der Waals surface area contributed by atoms with E-state index in [1.165, 1.54) is 0 Å². The molecule has 6 heteroatoms. The van der Waals surface area contributed by atoms with Gasteiger partial charge in [0.1, 0.15) is 5.75 Å². The van der Waals surface area contributed by atoms with Crippen molar-refractivity contribution in [2.45, 2.75) is 32.8 Å². The van der Waals surface area contributed by atoms with E-state index >= 15 is 0 Å². The molecule has 2 amide bonds. The molecule has 0 aliphatic carbocycles. The van der Waals surface area contributed by atoms with Gasteiger partial charge in [0, 0.05) is 11.4 Å². The molecule has 25 heavy (non-hydrogen) atoms. The third-order valence-corrected chi connectivity index (χ3v) is 3.65. The molecule has 2 aromatic carbocycles. The average molecular weight is 361 g/mol. The van der Waals surface area contributed by atoms with E-state index in [-0.39, 0.29) is 11.8 Å². The van der Waals surface area contributed by atoms with Crippen molar-refractivity contribution in [2.75, 3.05) is 10.6 Å². The van der Waals surface area contributed by atoms with Crippen LogP contribution >= 0.6 is 11.6 Å². The van der Waals surface area contributed by atoms with Crippen molar-refractivity contribution in [2.24, 2.45) is 0 Å². The fourth-order valence-corrected chi connectivity index (χ4v) is 2.35. The molecular formula is C19H21ClN2O3. The quantitative estimate of drug-likeness (QED) is 0.764. The van der Waals surface area contributed by atoms with Crippen molar-refractivity contribution < 1.29 is 14.3 Å². The van der Waals surface area contributed by atoms with Gasteiger partial charge in [-0.3, -0.25) is 9.59 Å². The molecule has 0 saturated carbocycles. The van der Waals surface area contributed by atoms with E-state index in [1.54, 1.807) is 55.5 Å². The van der Waals surface area contributed by atoms with Gasteiger partial charge in [0.05, 0.1) is 11.4 Å². The summed E-state index contributed by atoms with van der Waals surface area (Å²) in [4.78, 5) is 24.2. The van der Waals surface area contributed by atoms with Crippen LogP contribution in [0.1, 0.15) is 26.7 Å². The molecule has 2 aromatic rings. The number of carbonyl (C=O) groups excluding carboxylic acids is 2. The predicted octanol–water partition coefficient (Wildman–Crippen LogP) is 4.48. The maximum Gasteiger partial charge on any atom is 0.265 e. The highest BCUT2D eigenvalue weighted by molar-refractivity contribution is 6.30. The van der Waals surface area contributed by atoms with Gasteiger partial charge < -0.3 is 15.4 Å². The van der Waals surface area contributed by atoms with Crippen LogP contribution in [0.3, 0.4) is 0 Å². The summed E-state index contributed by atoms with van der Waals surface area (Å²) >= 11 is 5.91. The summed E-state index contributed by atoms with van der Waals surface area (Å²) in [5, 5.41) is 6.12. The Morgan fingerprint density at radius 3 is 2.40 bits per heavy atom. The van der Waals surface area contributed by atoms with Crippen LogP contribution in [0.5, 0.6) is 5.75 Å². The number of amides is 2. The molecule has 0 fully saturated rings. The van der Waals surface area contributed by atoms with E-state index in [0.717, 1.165) is 6.42 Å². The van der Waals surface area contributed by atoms with Gasteiger partial charge in [0.25, 0.3) is 5.91 Å². The molecule has 0 heterocycles. The first-order valence-electron chi connectivity index (χ1n) is 8.11. The second-order valence-electron chi connectivity index (χ2n) is 5.55. The monoisotopic (exact) mass is 360 g/mol. The normalized spacial score (nSPS) is 11.5. The highest BCUT2D eigenvalue weighted by atomic mass is 35.5. The fraction of sp³-hybridized carbons (Fsp3) is 0.263. The molecular weight excluding hydrogens is 340 g/mol. The van der Waals surface area contributed by atoms with Crippen LogP contribution < -0.4 is 15.4 Å². The van der Waals surface area contributed by atoms with E-state index in [2.05, 4.69) is 10.6 Å². The Morgan fingerprint density at radius 2 is 1.76 bits per heavy atom. The number of benzene rings is 2. The molecule has 2 N–H and O–H groups in total. The van der Waals surface area contributed by atoms with Crippen LogP contribution in [0.15, 0.2) is 48.5 Å². The zero-order valence-corrected chi connectivity index (χ0v) is 15.0. The second-order valence-corrected chi connectivity index (χ2v) is 5.99. The second kappa shape index (κ2) is 9.08. The average Bonchev–Trinajstić information content (AvgIpc) is 2.56. The number of halogens is 1. The predicted molar refractivity (Wildman–Crippen MR) is 100 cm³/mol. The summed E-state index contributed by atoms with van der Waals surface area (Å²) in [6, 6.07) is 13.9. The van der Waals surface area contributed by atoms with Crippen molar-refractivity contribution in [3.05, 3.63) is 53.6 Å². The van der Waals surface area contributed by atoms with E-state index in [9.17, 15) is 9.59 Å². The zero-order chi connectivity index (χ0) is 18.2. The molecule has 1 atom stereocenters. The lowest BCUT2D eigenvalue weighted by molar-refractivity contribution is -0.122. The number of nitrogens with one attached hydrogen (secondary N) is 2. The third-order valence-electron chi connectivity index (χ3n) is 3.41. The van der Waals surface area contributed by atoms with Gasteiger partial charge in [-0.15, -0.1) is 0 Å². The Labute approximate surface area is 152 Å². The van der Waals surface area contributed by atoms with Gasteiger partial charge in [-0.2, -0.15) is 0 Å². The fourth-order valence-electron chi connectivity index (χ4n) is 2.17. The Kier molecular flexibility index (Phi) is 6.83. The van der Waals surface area contributed by atoms with Crippen LogP contribution in [0.2, 0.25) is 5.02 Å². The number of hydrogen-bond acceptors (Lipinski definition) is 3. The number of para-hydroxylation sites is 2. The largest absolute Gasteiger partial charge is 0.481 e. The van der Waals surface area contributed by atoms with E-state index < -0.39 is 6.10 Å². The van der Waals surface area contributed by atoms with Gasteiger partial charge in [-0.25, -0.2) is 0 Å². The highest BCUT2D eigenvalue weighted by Crippen LogP contribution is 2.23. The van der Waals surface area contributed by atoms with Gasteiger partial charge in [0.2, 0.25) is 5.91 Å². The lowest BCUT2D eigenvalue weighted by Gasteiger charge is -2.17. The summed E-state index contributed by atoms with van der Waals surface area (Å²) in [5.74, 6) is 0.101. The highest BCUT2D eigenvalue weighted by Gasteiger charge is 2.17. The summed E-state index contributed by atoms with van der Waals surface area (Å²) in [6.07, 6.45) is 0.458. The summed E-state index contributed by atoms with van der Waals surface area (Å²) < 4.78 is 5.60. The van der Waals surface area contributed by atoms with Crippen molar-refractivity contribution in [3.63, 3.8) is 0 Å². The third kappa shape index (κ3) is 5.80. The first-order chi connectivity index (χ1) is 12.0. The minimum atomic E-state index is -0.724. The summed E-state index contributed by atoms with van der Waals surface area (Å²) in [5.41, 5.74) is 1.09. The van der Waals surface area contributed by atoms with Crippen LogP contribution in [-0.2, 0) is 9.59 Å². The number of anilines is 2.